The lowest BCUT2D eigenvalue weighted by atomic mass is 10.0. The zero-order valence-corrected chi connectivity index (χ0v) is 23.3. The number of carbonyl (C=O) groups excluding carboxylic acids is 2. The molecule has 1 N–H and O–H groups in total. The molecule has 0 aliphatic rings. The van der Waals surface area contributed by atoms with Gasteiger partial charge in [0, 0.05) is 12.8 Å². The van der Waals surface area contributed by atoms with Crippen molar-refractivity contribution in [3.05, 3.63) is 0 Å². The van der Waals surface area contributed by atoms with E-state index in [0.717, 1.165) is 38.5 Å². The summed E-state index contributed by atoms with van der Waals surface area (Å²) in [6.07, 6.45) is 26.6. The molecule has 0 bridgehead atoms. The van der Waals surface area contributed by atoms with E-state index in [9.17, 15) is 9.59 Å². The summed E-state index contributed by atoms with van der Waals surface area (Å²) in [5.41, 5.74) is 0. The van der Waals surface area contributed by atoms with Crippen LogP contribution in [0.3, 0.4) is 0 Å². The van der Waals surface area contributed by atoms with E-state index in [4.69, 9.17) is 4.74 Å². The number of ether oxygens (including phenoxy) is 1. The Balaban J connectivity index is 4.06. The first kappa shape index (κ1) is 32.9. The quantitative estimate of drug-likeness (QED) is 0.0990. The summed E-state index contributed by atoms with van der Waals surface area (Å²) < 4.78 is 5.53. The fraction of sp³-hybridized carbons (Fsp3) is 0.933. The third-order valence-corrected chi connectivity index (χ3v) is 6.71. The largest absolute Gasteiger partial charge is 0.463 e. The Labute approximate surface area is 212 Å². The highest BCUT2D eigenvalue weighted by Gasteiger charge is 2.15. The second-order valence-corrected chi connectivity index (χ2v) is 10.2. The number of amides is 1. The number of hydrogen-bond donors (Lipinski definition) is 1. The van der Waals surface area contributed by atoms with Crippen molar-refractivity contribution < 1.29 is 14.3 Å². The molecule has 0 spiro atoms. The number of hydrogen-bond acceptors (Lipinski definition) is 3. The minimum Gasteiger partial charge on any atom is -0.463 e. The van der Waals surface area contributed by atoms with Crippen molar-refractivity contribution in [2.45, 2.75) is 174 Å². The molecule has 0 radical (unpaired) electrons. The highest BCUT2D eigenvalue weighted by atomic mass is 16.5. The number of unbranched alkanes of at least 4 members (excludes halogenated alkanes) is 17. The van der Waals surface area contributed by atoms with Crippen molar-refractivity contribution in [2.24, 2.45) is 0 Å². The van der Waals surface area contributed by atoms with E-state index < -0.39 is 0 Å². The topological polar surface area (TPSA) is 55.4 Å². The lowest BCUT2D eigenvalue weighted by molar-refractivity contribution is -0.145. The molecule has 0 aliphatic carbocycles. The predicted octanol–water partition coefficient (Wildman–Crippen LogP) is 9.05. The van der Waals surface area contributed by atoms with Crippen LogP contribution in [0.15, 0.2) is 0 Å². The minimum atomic E-state index is -0.118. The summed E-state index contributed by atoms with van der Waals surface area (Å²) in [6, 6.07) is -0.0404. The van der Waals surface area contributed by atoms with Crippen molar-refractivity contribution in [2.75, 3.05) is 6.61 Å². The van der Waals surface area contributed by atoms with Gasteiger partial charge in [0.15, 0.2) is 0 Å². The highest BCUT2D eigenvalue weighted by molar-refractivity contribution is 5.76. The van der Waals surface area contributed by atoms with E-state index in [2.05, 4.69) is 26.1 Å². The van der Waals surface area contributed by atoms with Crippen LogP contribution in [0.5, 0.6) is 0 Å². The van der Waals surface area contributed by atoms with Gasteiger partial charge in [-0.3, -0.25) is 9.59 Å². The van der Waals surface area contributed by atoms with Crippen molar-refractivity contribution in [1.29, 1.82) is 0 Å². The molecule has 0 aliphatic heterocycles. The maximum absolute atomic E-state index is 12.4. The number of rotatable bonds is 26. The molecular formula is C30H59NO3. The minimum absolute atomic E-state index is 0.0404. The average Bonchev–Trinajstić information content (AvgIpc) is 2.83. The molecule has 0 aromatic rings. The van der Waals surface area contributed by atoms with Gasteiger partial charge in [-0.05, 0) is 19.3 Å². The van der Waals surface area contributed by atoms with Crippen LogP contribution in [0.2, 0.25) is 0 Å². The lowest BCUT2D eigenvalue weighted by Gasteiger charge is -2.19. The van der Waals surface area contributed by atoms with Gasteiger partial charge < -0.3 is 10.1 Å². The van der Waals surface area contributed by atoms with Gasteiger partial charge >= 0.3 is 5.97 Å². The molecule has 1 atom stereocenters. The molecule has 0 heterocycles. The first-order valence-electron chi connectivity index (χ1n) is 15.1. The molecule has 0 aromatic heterocycles. The molecule has 1 amide bonds. The van der Waals surface area contributed by atoms with Gasteiger partial charge in [0.1, 0.15) is 6.61 Å². The Morgan fingerprint density at radius 1 is 0.559 bits per heavy atom. The van der Waals surface area contributed by atoms with E-state index in [1.54, 1.807) is 0 Å². The lowest BCUT2D eigenvalue weighted by Crippen LogP contribution is -2.38. The van der Waals surface area contributed by atoms with Gasteiger partial charge in [-0.15, -0.1) is 0 Å². The van der Waals surface area contributed by atoms with Crippen LogP contribution in [0.4, 0.5) is 0 Å². The van der Waals surface area contributed by atoms with Crippen LogP contribution in [0.25, 0.3) is 0 Å². The van der Waals surface area contributed by atoms with E-state index in [1.807, 2.05) is 0 Å². The molecule has 0 aromatic carbocycles. The Bertz CT molecular complexity index is 452. The second-order valence-electron chi connectivity index (χ2n) is 10.2. The third kappa shape index (κ3) is 24.1. The molecule has 4 nitrogen and oxygen atoms in total. The van der Waals surface area contributed by atoms with Gasteiger partial charge in [-0.25, -0.2) is 0 Å². The van der Waals surface area contributed by atoms with Crippen molar-refractivity contribution in [3.63, 3.8) is 0 Å². The summed E-state index contributed by atoms with van der Waals surface area (Å²) in [7, 11) is 0. The number of nitrogens with one attached hydrogen (secondary N) is 1. The molecule has 0 fully saturated rings. The van der Waals surface area contributed by atoms with Gasteiger partial charge in [0.25, 0.3) is 0 Å². The summed E-state index contributed by atoms with van der Waals surface area (Å²) in [6.45, 7) is 6.95. The Morgan fingerprint density at radius 2 is 0.971 bits per heavy atom. The molecule has 0 saturated carbocycles. The zero-order chi connectivity index (χ0) is 25.1. The van der Waals surface area contributed by atoms with Crippen molar-refractivity contribution in [1.82, 2.24) is 5.32 Å². The predicted molar refractivity (Wildman–Crippen MR) is 146 cm³/mol. The van der Waals surface area contributed by atoms with Crippen LogP contribution in [0.1, 0.15) is 168 Å². The van der Waals surface area contributed by atoms with E-state index >= 15 is 0 Å². The van der Waals surface area contributed by atoms with Gasteiger partial charge in [-0.2, -0.15) is 0 Å². The third-order valence-electron chi connectivity index (χ3n) is 6.71. The normalized spacial score (nSPS) is 12.0. The summed E-state index contributed by atoms with van der Waals surface area (Å²) in [5.74, 6) is -0.00738. The summed E-state index contributed by atoms with van der Waals surface area (Å²) >= 11 is 0. The average molecular weight is 482 g/mol. The SMILES string of the molecule is CCCCCCCCCCCCCCC(COC(=O)CCCCCC)NC(=O)CCCCCC. The molecule has 202 valence electrons. The Kier molecular flexibility index (Phi) is 25.7. The Morgan fingerprint density at radius 3 is 1.47 bits per heavy atom. The molecule has 34 heavy (non-hydrogen) atoms. The molecule has 1 unspecified atom stereocenters. The van der Waals surface area contributed by atoms with Gasteiger partial charge in [0.2, 0.25) is 5.91 Å². The van der Waals surface area contributed by atoms with Crippen LogP contribution in [-0.2, 0) is 14.3 Å². The van der Waals surface area contributed by atoms with Crippen molar-refractivity contribution in [3.8, 4) is 0 Å². The first-order chi connectivity index (χ1) is 16.6. The van der Waals surface area contributed by atoms with Crippen LogP contribution in [-0.4, -0.2) is 24.5 Å². The highest BCUT2D eigenvalue weighted by Crippen LogP contribution is 2.14. The maximum atomic E-state index is 12.4. The van der Waals surface area contributed by atoms with Crippen LogP contribution >= 0.6 is 0 Å². The molecule has 4 heteroatoms. The van der Waals surface area contributed by atoms with E-state index in [1.165, 1.54) is 96.3 Å². The van der Waals surface area contributed by atoms with Crippen LogP contribution < -0.4 is 5.32 Å². The molecule has 0 rings (SSSR count). The monoisotopic (exact) mass is 481 g/mol. The smallest absolute Gasteiger partial charge is 0.305 e. The standard InChI is InChI=1S/C30H59NO3/c1-4-7-10-13-14-15-16-17-18-19-20-21-24-28(31-29(32)25-22-11-8-5-2)27-34-30(33)26-23-12-9-6-3/h28H,4-27H2,1-3H3,(H,31,32). The Hall–Kier alpha value is -1.06. The fourth-order valence-electron chi connectivity index (χ4n) is 4.40. The number of esters is 1. The van der Waals surface area contributed by atoms with Crippen LogP contribution in [0, 0.1) is 0 Å². The zero-order valence-electron chi connectivity index (χ0n) is 23.3. The fourth-order valence-corrected chi connectivity index (χ4v) is 4.40. The van der Waals surface area contributed by atoms with E-state index in [0.29, 0.717) is 19.4 Å². The summed E-state index contributed by atoms with van der Waals surface area (Å²) in [5, 5.41) is 3.15. The maximum Gasteiger partial charge on any atom is 0.305 e. The molecular weight excluding hydrogens is 422 g/mol. The van der Waals surface area contributed by atoms with E-state index in [-0.39, 0.29) is 17.9 Å². The molecule has 0 saturated heterocycles. The van der Waals surface area contributed by atoms with Gasteiger partial charge in [-0.1, -0.05) is 136 Å². The first-order valence-corrected chi connectivity index (χ1v) is 15.1. The van der Waals surface area contributed by atoms with Crippen molar-refractivity contribution >= 4 is 11.9 Å². The summed E-state index contributed by atoms with van der Waals surface area (Å²) in [4.78, 5) is 24.5. The number of carbonyl (C=O) groups is 2. The van der Waals surface area contributed by atoms with Gasteiger partial charge in [0.05, 0.1) is 6.04 Å². The second kappa shape index (κ2) is 26.5.